The smallest absolute Gasteiger partial charge is 0.264 e. The molecule has 3 rings (SSSR count). The zero-order chi connectivity index (χ0) is 29.3. The molecule has 0 radical (unpaired) electrons. The minimum atomic E-state index is -4.09. The molecule has 0 aliphatic carbocycles. The monoisotopic (exact) mass is 565 g/mol. The van der Waals surface area contributed by atoms with Gasteiger partial charge in [0, 0.05) is 13.1 Å². The number of rotatable bonds is 13. The van der Waals surface area contributed by atoms with Gasteiger partial charge in [0.05, 0.1) is 17.7 Å². The van der Waals surface area contributed by atoms with E-state index in [2.05, 4.69) is 5.32 Å². The van der Waals surface area contributed by atoms with Crippen LogP contribution in [0.1, 0.15) is 38.3 Å². The quantitative estimate of drug-likeness (QED) is 0.322. The summed E-state index contributed by atoms with van der Waals surface area (Å²) in [6, 6.07) is 21.5. The first kappa shape index (κ1) is 30.7. The summed E-state index contributed by atoms with van der Waals surface area (Å²) < 4.78 is 34.2. The highest BCUT2D eigenvalue weighted by molar-refractivity contribution is 7.92. The highest BCUT2D eigenvalue weighted by Crippen LogP contribution is 2.26. The Bertz CT molecular complexity index is 1390. The fraction of sp³-hybridized carbons (Fsp3) is 0.355. The lowest BCUT2D eigenvalue weighted by molar-refractivity contribution is -0.140. The number of sulfonamides is 1. The fourth-order valence-electron chi connectivity index (χ4n) is 4.34. The van der Waals surface area contributed by atoms with Crippen molar-refractivity contribution in [3.63, 3.8) is 0 Å². The molecule has 8 nitrogen and oxygen atoms in total. The van der Waals surface area contributed by atoms with Crippen molar-refractivity contribution in [1.29, 1.82) is 0 Å². The van der Waals surface area contributed by atoms with Crippen LogP contribution in [-0.2, 0) is 26.2 Å². The maximum Gasteiger partial charge on any atom is 0.264 e. The van der Waals surface area contributed by atoms with Crippen LogP contribution in [0.3, 0.4) is 0 Å². The van der Waals surface area contributed by atoms with Crippen LogP contribution in [0.5, 0.6) is 5.75 Å². The molecule has 2 amide bonds. The van der Waals surface area contributed by atoms with Crippen molar-refractivity contribution in [2.24, 2.45) is 5.92 Å². The van der Waals surface area contributed by atoms with Crippen LogP contribution in [0.2, 0.25) is 0 Å². The first-order chi connectivity index (χ1) is 19.1. The van der Waals surface area contributed by atoms with Crippen LogP contribution in [-0.4, -0.2) is 51.4 Å². The number of hydrogen-bond donors (Lipinski definition) is 1. The molecule has 0 spiro atoms. The van der Waals surface area contributed by atoms with Crippen molar-refractivity contribution in [2.45, 2.75) is 51.6 Å². The van der Waals surface area contributed by atoms with E-state index in [9.17, 15) is 18.0 Å². The summed E-state index contributed by atoms with van der Waals surface area (Å²) in [6.07, 6.45) is 0.357. The molecule has 1 N–H and O–H groups in total. The molecule has 0 saturated heterocycles. The third-order valence-corrected chi connectivity index (χ3v) is 8.25. The minimum Gasteiger partial charge on any atom is -0.497 e. The first-order valence-corrected chi connectivity index (χ1v) is 14.8. The van der Waals surface area contributed by atoms with Crippen molar-refractivity contribution < 1.29 is 22.7 Å². The Balaban J connectivity index is 2.05. The molecule has 214 valence electrons. The molecule has 0 bridgehead atoms. The van der Waals surface area contributed by atoms with Crippen LogP contribution in [0, 0.1) is 12.8 Å². The molecule has 0 saturated carbocycles. The van der Waals surface area contributed by atoms with Crippen molar-refractivity contribution in [3.05, 3.63) is 90.0 Å². The second-order valence-electron chi connectivity index (χ2n) is 10.1. The van der Waals surface area contributed by atoms with E-state index < -0.39 is 28.5 Å². The molecule has 0 aliphatic rings. The SMILES string of the molecule is CCC(C(=O)NCC(C)C)N(Cc1cccc(OC)c1)C(=O)CN(c1cccc(C)c1)S(=O)(=O)c1ccccc1. The van der Waals surface area contributed by atoms with Crippen molar-refractivity contribution in [1.82, 2.24) is 10.2 Å². The first-order valence-electron chi connectivity index (χ1n) is 13.4. The van der Waals surface area contributed by atoms with E-state index in [1.807, 2.05) is 45.9 Å². The Hall–Kier alpha value is -3.85. The number of methoxy groups -OCH3 is 1. The highest BCUT2D eigenvalue weighted by Gasteiger charge is 2.33. The number of carbonyl (C=O) groups excluding carboxylic acids is 2. The number of nitrogens with zero attached hydrogens (tertiary/aromatic N) is 2. The normalized spacial score (nSPS) is 12.1. The van der Waals surface area contributed by atoms with E-state index in [1.165, 1.54) is 17.0 Å². The summed E-state index contributed by atoms with van der Waals surface area (Å²) in [6.45, 7) is 7.79. The summed E-state index contributed by atoms with van der Waals surface area (Å²) in [7, 11) is -2.53. The van der Waals surface area contributed by atoms with Crippen LogP contribution in [0.15, 0.2) is 83.8 Å². The lowest BCUT2D eigenvalue weighted by Gasteiger charge is -2.33. The van der Waals surface area contributed by atoms with Gasteiger partial charge in [-0.05, 0) is 66.8 Å². The van der Waals surface area contributed by atoms with Gasteiger partial charge in [0.25, 0.3) is 10.0 Å². The predicted molar refractivity (Wildman–Crippen MR) is 158 cm³/mol. The van der Waals surface area contributed by atoms with E-state index in [1.54, 1.807) is 55.6 Å². The average Bonchev–Trinajstić information content (AvgIpc) is 2.95. The lowest BCUT2D eigenvalue weighted by atomic mass is 10.1. The number of benzene rings is 3. The Morgan fingerprint density at radius 1 is 0.950 bits per heavy atom. The van der Waals surface area contributed by atoms with Crippen LogP contribution in [0.4, 0.5) is 5.69 Å². The second kappa shape index (κ2) is 14.0. The molecule has 0 fully saturated rings. The van der Waals surface area contributed by atoms with Gasteiger partial charge in [-0.3, -0.25) is 13.9 Å². The zero-order valence-electron chi connectivity index (χ0n) is 23.8. The van der Waals surface area contributed by atoms with Gasteiger partial charge in [0.2, 0.25) is 11.8 Å². The topological polar surface area (TPSA) is 96.0 Å². The van der Waals surface area contributed by atoms with Gasteiger partial charge in [0.15, 0.2) is 0 Å². The molecule has 0 heterocycles. The van der Waals surface area contributed by atoms with Gasteiger partial charge < -0.3 is 15.0 Å². The van der Waals surface area contributed by atoms with Crippen LogP contribution < -0.4 is 14.4 Å². The Morgan fingerprint density at radius 3 is 2.27 bits per heavy atom. The molecular formula is C31H39N3O5S. The lowest BCUT2D eigenvalue weighted by Crippen LogP contribution is -2.52. The summed E-state index contributed by atoms with van der Waals surface area (Å²) in [4.78, 5) is 28.9. The molecular weight excluding hydrogens is 526 g/mol. The molecule has 0 aromatic heterocycles. The number of carbonyl (C=O) groups is 2. The minimum absolute atomic E-state index is 0.0744. The predicted octanol–water partition coefficient (Wildman–Crippen LogP) is 4.78. The molecule has 1 atom stereocenters. The molecule has 40 heavy (non-hydrogen) atoms. The van der Waals surface area contributed by atoms with E-state index in [4.69, 9.17) is 4.74 Å². The number of amides is 2. The highest BCUT2D eigenvalue weighted by atomic mass is 32.2. The van der Waals surface area contributed by atoms with Gasteiger partial charge in [0.1, 0.15) is 18.3 Å². The van der Waals surface area contributed by atoms with Gasteiger partial charge in [-0.2, -0.15) is 0 Å². The van der Waals surface area contributed by atoms with E-state index in [0.29, 0.717) is 24.4 Å². The van der Waals surface area contributed by atoms with Crippen molar-refractivity contribution in [3.8, 4) is 5.75 Å². The maximum atomic E-state index is 14.1. The molecule has 0 aliphatic heterocycles. The Morgan fingerprint density at radius 2 is 1.65 bits per heavy atom. The van der Waals surface area contributed by atoms with Crippen molar-refractivity contribution in [2.75, 3.05) is 24.5 Å². The second-order valence-corrected chi connectivity index (χ2v) is 12.0. The van der Waals surface area contributed by atoms with Gasteiger partial charge >= 0.3 is 0 Å². The van der Waals surface area contributed by atoms with Crippen LogP contribution in [0.25, 0.3) is 0 Å². The summed E-state index contributed by atoms with van der Waals surface area (Å²) in [5.74, 6) is 0.0860. The summed E-state index contributed by atoms with van der Waals surface area (Å²) in [5.41, 5.74) is 1.98. The third kappa shape index (κ3) is 7.85. The molecule has 3 aromatic rings. The number of nitrogens with one attached hydrogen (secondary N) is 1. The Kier molecular flexibility index (Phi) is 10.7. The van der Waals surface area contributed by atoms with E-state index >= 15 is 0 Å². The summed E-state index contributed by atoms with van der Waals surface area (Å²) in [5, 5.41) is 2.94. The average molecular weight is 566 g/mol. The number of anilines is 1. The maximum absolute atomic E-state index is 14.1. The summed E-state index contributed by atoms with van der Waals surface area (Å²) >= 11 is 0. The van der Waals surface area contributed by atoms with Gasteiger partial charge in [-0.25, -0.2) is 8.42 Å². The van der Waals surface area contributed by atoms with Gasteiger partial charge in [-0.15, -0.1) is 0 Å². The molecule has 1 unspecified atom stereocenters. The Labute approximate surface area is 238 Å². The van der Waals surface area contributed by atoms with Crippen LogP contribution >= 0.6 is 0 Å². The number of hydrogen-bond acceptors (Lipinski definition) is 5. The third-order valence-electron chi connectivity index (χ3n) is 6.46. The standard InChI is InChI=1S/C31H39N3O5S/c1-6-29(31(36)32-20-23(2)3)33(21-25-13-11-15-27(19-25)39-5)30(35)22-34(26-14-10-12-24(4)18-26)40(37,38)28-16-8-7-9-17-28/h7-19,23,29H,6,20-22H2,1-5H3,(H,32,36). The van der Waals surface area contributed by atoms with Crippen molar-refractivity contribution >= 4 is 27.5 Å². The zero-order valence-corrected chi connectivity index (χ0v) is 24.6. The van der Waals surface area contributed by atoms with E-state index in [-0.39, 0.29) is 23.3 Å². The molecule has 9 heteroatoms. The van der Waals surface area contributed by atoms with Gasteiger partial charge in [-0.1, -0.05) is 63.2 Å². The largest absolute Gasteiger partial charge is 0.497 e. The number of ether oxygens (including phenoxy) is 1. The molecule has 3 aromatic carbocycles. The fourth-order valence-corrected chi connectivity index (χ4v) is 5.77. The number of aryl methyl sites for hydroxylation is 1. The van der Waals surface area contributed by atoms with E-state index in [0.717, 1.165) is 15.4 Å².